The summed E-state index contributed by atoms with van der Waals surface area (Å²) in [6, 6.07) is 3.21. The molecule has 0 aromatic heterocycles. The molecule has 0 saturated carbocycles. The van der Waals surface area contributed by atoms with E-state index < -0.39 is 11.8 Å². The van der Waals surface area contributed by atoms with E-state index in [1.165, 1.54) is 0 Å². The molecule has 15 heavy (non-hydrogen) atoms. The third kappa shape index (κ3) is 1.74. The minimum Gasteiger partial charge on any atom is -0.493 e. The van der Waals surface area contributed by atoms with E-state index >= 15 is 0 Å². The molecule has 4 nitrogen and oxygen atoms in total. The number of hydrogen-bond acceptors (Lipinski definition) is 3. The lowest BCUT2D eigenvalue weighted by molar-refractivity contribution is -0.131. The molecule has 1 heterocycles. The fourth-order valence-electron chi connectivity index (χ4n) is 1.49. The first-order chi connectivity index (χ1) is 7.09. The molecule has 0 bridgehead atoms. The van der Waals surface area contributed by atoms with Gasteiger partial charge >= 0.3 is 5.97 Å². The first-order valence-corrected chi connectivity index (χ1v) is 5.11. The highest BCUT2D eigenvalue weighted by Gasteiger charge is 2.22. The van der Waals surface area contributed by atoms with Gasteiger partial charge in [0, 0.05) is 16.5 Å². The summed E-state index contributed by atoms with van der Waals surface area (Å²) < 4.78 is 5.74. The summed E-state index contributed by atoms with van der Waals surface area (Å²) in [4.78, 5) is 21.8. The van der Waals surface area contributed by atoms with Gasteiger partial charge in [-0.25, -0.2) is 4.79 Å². The molecule has 0 unspecified atom stereocenters. The summed E-state index contributed by atoms with van der Waals surface area (Å²) in [7, 11) is 0. The molecule has 78 valence electrons. The van der Waals surface area contributed by atoms with Gasteiger partial charge in [-0.2, -0.15) is 0 Å². The average Bonchev–Trinajstić information content (AvgIpc) is 2.62. The minimum absolute atomic E-state index is 0.173. The summed E-state index contributed by atoms with van der Waals surface area (Å²) in [5.41, 5.74) is 1.05. The van der Waals surface area contributed by atoms with Crippen molar-refractivity contribution in [1.82, 2.24) is 0 Å². The topological polar surface area (TPSA) is 63.6 Å². The SMILES string of the molecule is O=C(O)C(=O)c1cc2c(cc1Br)OCC2. The Morgan fingerprint density at radius 2 is 2.13 bits per heavy atom. The highest BCUT2D eigenvalue weighted by Crippen LogP contribution is 2.31. The number of ether oxygens (including phenoxy) is 1. The molecule has 1 N–H and O–H groups in total. The van der Waals surface area contributed by atoms with Crippen LogP contribution in [0.1, 0.15) is 15.9 Å². The lowest BCUT2D eigenvalue weighted by atomic mass is 10.1. The zero-order chi connectivity index (χ0) is 11.0. The maximum atomic E-state index is 11.3. The van der Waals surface area contributed by atoms with Crippen molar-refractivity contribution in [2.45, 2.75) is 6.42 Å². The molecule has 1 aliphatic rings. The predicted molar refractivity (Wildman–Crippen MR) is 55.3 cm³/mol. The lowest BCUT2D eigenvalue weighted by Crippen LogP contribution is -2.13. The van der Waals surface area contributed by atoms with Crippen LogP contribution in [0.4, 0.5) is 0 Å². The van der Waals surface area contributed by atoms with Gasteiger partial charge in [-0.1, -0.05) is 0 Å². The van der Waals surface area contributed by atoms with E-state index in [2.05, 4.69) is 15.9 Å². The number of carbonyl (C=O) groups is 2. The van der Waals surface area contributed by atoms with Gasteiger partial charge < -0.3 is 9.84 Å². The maximum absolute atomic E-state index is 11.3. The second-order valence-electron chi connectivity index (χ2n) is 3.17. The summed E-state index contributed by atoms with van der Waals surface area (Å²) in [5.74, 6) is -1.64. The van der Waals surface area contributed by atoms with Gasteiger partial charge in [0.2, 0.25) is 0 Å². The Hall–Kier alpha value is -1.36. The summed E-state index contributed by atoms with van der Waals surface area (Å²) in [5, 5.41) is 8.61. The van der Waals surface area contributed by atoms with E-state index in [-0.39, 0.29) is 5.56 Å². The Bertz CT molecular complexity index is 453. The normalized spacial score (nSPS) is 13.1. The second-order valence-corrected chi connectivity index (χ2v) is 4.03. The molecule has 0 fully saturated rings. The summed E-state index contributed by atoms with van der Waals surface area (Å²) >= 11 is 3.15. The van der Waals surface area contributed by atoms with Gasteiger partial charge in [0.15, 0.2) is 0 Å². The Morgan fingerprint density at radius 1 is 1.40 bits per heavy atom. The monoisotopic (exact) mass is 270 g/mol. The van der Waals surface area contributed by atoms with Crippen molar-refractivity contribution in [2.24, 2.45) is 0 Å². The van der Waals surface area contributed by atoms with Crippen LogP contribution in [0.3, 0.4) is 0 Å². The molecule has 0 amide bonds. The van der Waals surface area contributed by atoms with Gasteiger partial charge in [-0.15, -0.1) is 0 Å². The number of fused-ring (bicyclic) bond motifs is 1. The number of carbonyl (C=O) groups excluding carboxylic acids is 1. The fourth-order valence-corrected chi connectivity index (χ4v) is 1.99. The maximum Gasteiger partial charge on any atom is 0.377 e. The van der Waals surface area contributed by atoms with Crippen molar-refractivity contribution >= 4 is 27.7 Å². The molecule has 1 aliphatic heterocycles. The zero-order valence-corrected chi connectivity index (χ0v) is 9.20. The highest BCUT2D eigenvalue weighted by atomic mass is 79.9. The van der Waals surface area contributed by atoms with Crippen LogP contribution in [0, 0.1) is 0 Å². The molecule has 2 rings (SSSR count). The molecule has 5 heteroatoms. The summed E-state index contributed by atoms with van der Waals surface area (Å²) in [6.07, 6.45) is 0.711. The van der Waals surface area contributed by atoms with Crippen molar-refractivity contribution in [3.63, 3.8) is 0 Å². The van der Waals surface area contributed by atoms with Crippen LogP contribution in [0.5, 0.6) is 5.75 Å². The molecular formula is C10H7BrO4. The number of halogens is 1. The predicted octanol–water partition coefficient (Wildman–Crippen LogP) is 1.65. The van der Waals surface area contributed by atoms with Crippen molar-refractivity contribution in [2.75, 3.05) is 6.61 Å². The quantitative estimate of drug-likeness (QED) is 0.656. The van der Waals surface area contributed by atoms with Crippen LogP contribution in [-0.2, 0) is 11.2 Å². The first kappa shape index (κ1) is 10.2. The van der Waals surface area contributed by atoms with Crippen LogP contribution in [0.25, 0.3) is 0 Å². The number of hydrogen-bond donors (Lipinski definition) is 1. The Kier molecular flexibility index (Phi) is 2.48. The van der Waals surface area contributed by atoms with Crippen molar-refractivity contribution in [3.8, 4) is 5.75 Å². The first-order valence-electron chi connectivity index (χ1n) is 4.32. The van der Waals surface area contributed by atoms with E-state index in [9.17, 15) is 9.59 Å². The second kappa shape index (κ2) is 3.66. The number of rotatable bonds is 2. The molecule has 0 aliphatic carbocycles. The standard InChI is InChI=1S/C10H7BrO4/c11-7-4-8-5(1-2-15-8)3-6(7)9(12)10(13)14/h3-4H,1-2H2,(H,13,14). The molecule has 0 atom stereocenters. The summed E-state index contributed by atoms with van der Waals surface area (Å²) in [6.45, 7) is 0.576. The minimum atomic E-state index is -1.45. The van der Waals surface area contributed by atoms with E-state index in [1.54, 1.807) is 12.1 Å². The average molecular weight is 271 g/mol. The van der Waals surface area contributed by atoms with Crippen LogP contribution in [-0.4, -0.2) is 23.5 Å². The highest BCUT2D eigenvalue weighted by molar-refractivity contribution is 9.10. The molecule has 1 aromatic carbocycles. The Balaban J connectivity index is 2.49. The molecular weight excluding hydrogens is 264 g/mol. The van der Waals surface area contributed by atoms with Gasteiger partial charge in [0.25, 0.3) is 5.78 Å². The number of aliphatic carboxylic acids is 1. The molecule has 0 radical (unpaired) electrons. The van der Waals surface area contributed by atoms with Gasteiger partial charge in [-0.3, -0.25) is 4.79 Å². The van der Waals surface area contributed by atoms with E-state index in [0.717, 1.165) is 5.56 Å². The molecule has 1 aromatic rings. The van der Waals surface area contributed by atoms with Gasteiger partial charge in [0.05, 0.1) is 6.61 Å². The van der Waals surface area contributed by atoms with Crippen molar-refractivity contribution in [1.29, 1.82) is 0 Å². The van der Waals surface area contributed by atoms with Crippen molar-refractivity contribution in [3.05, 3.63) is 27.7 Å². The van der Waals surface area contributed by atoms with Crippen LogP contribution < -0.4 is 4.74 Å². The van der Waals surface area contributed by atoms with Gasteiger partial charge in [-0.05, 0) is 33.6 Å². The van der Waals surface area contributed by atoms with Gasteiger partial charge in [0.1, 0.15) is 5.75 Å². The van der Waals surface area contributed by atoms with Crippen LogP contribution in [0.15, 0.2) is 16.6 Å². The van der Waals surface area contributed by atoms with E-state index in [0.29, 0.717) is 23.2 Å². The largest absolute Gasteiger partial charge is 0.493 e. The smallest absolute Gasteiger partial charge is 0.377 e. The zero-order valence-electron chi connectivity index (χ0n) is 7.62. The van der Waals surface area contributed by atoms with Crippen LogP contribution in [0.2, 0.25) is 0 Å². The third-order valence-electron chi connectivity index (χ3n) is 2.22. The Labute approximate surface area is 94.0 Å². The number of benzene rings is 1. The fraction of sp³-hybridized carbons (Fsp3) is 0.200. The molecule has 0 spiro atoms. The van der Waals surface area contributed by atoms with E-state index in [1.807, 2.05) is 0 Å². The number of carboxylic acids is 1. The number of carboxylic acid groups (broad SMARTS) is 1. The lowest BCUT2D eigenvalue weighted by Gasteiger charge is -2.04. The Morgan fingerprint density at radius 3 is 2.80 bits per heavy atom. The molecule has 0 saturated heterocycles. The number of ketones is 1. The van der Waals surface area contributed by atoms with Crippen molar-refractivity contribution < 1.29 is 19.4 Å². The van der Waals surface area contributed by atoms with Crippen LogP contribution >= 0.6 is 15.9 Å². The third-order valence-corrected chi connectivity index (χ3v) is 2.87. The number of Topliss-reactive ketones (excluding diaryl/α,β-unsaturated/α-hetero) is 1. The van der Waals surface area contributed by atoms with E-state index in [4.69, 9.17) is 9.84 Å².